The summed E-state index contributed by atoms with van der Waals surface area (Å²) in [5.41, 5.74) is 1.11. The molecule has 1 saturated heterocycles. The molecule has 0 spiro atoms. The van der Waals surface area contributed by atoms with Gasteiger partial charge in [0.05, 0.1) is 18.5 Å². The second-order valence-corrected chi connectivity index (χ2v) is 5.23. The zero-order valence-electron chi connectivity index (χ0n) is 10.1. The van der Waals surface area contributed by atoms with E-state index in [4.69, 9.17) is 5.26 Å². The van der Waals surface area contributed by atoms with Crippen LogP contribution < -0.4 is 0 Å². The van der Waals surface area contributed by atoms with E-state index in [1.54, 1.807) is 16.8 Å². The topological polar surface area (TPSA) is 47.3 Å². The minimum absolute atomic E-state index is 0.00442. The fourth-order valence-electron chi connectivity index (χ4n) is 2.18. The normalized spacial score (nSPS) is 19.2. The highest BCUT2D eigenvalue weighted by atomic mass is 79.9. The van der Waals surface area contributed by atoms with E-state index in [-0.39, 0.29) is 12.1 Å². The van der Waals surface area contributed by atoms with Gasteiger partial charge in [-0.05, 0) is 17.7 Å². The maximum atomic E-state index is 12.0. The van der Waals surface area contributed by atoms with Gasteiger partial charge < -0.3 is 9.80 Å². The molecule has 1 aromatic rings. The van der Waals surface area contributed by atoms with Gasteiger partial charge in [0.2, 0.25) is 0 Å². The highest BCUT2D eigenvalue weighted by Crippen LogP contribution is 2.29. The molecule has 0 bridgehead atoms. The summed E-state index contributed by atoms with van der Waals surface area (Å²) < 4.78 is 1.01. The number of urea groups is 1. The van der Waals surface area contributed by atoms with Gasteiger partial charge in [-0.15, -0.1) is 0 Å². The van der Waals surface area contributed by atoms with E-state index in [2.05, 4.69) is 22.0 Å². The van der Waals surface area contributed by atoms with E-state index in [0.29, 0.717) is 19.5 Å². The van der Waals surface area contributed by atoms with Gasteiger partial charge in [0.1, 0.15) is 0 Å². The van der Waals surface area contributed by atoms with E-state index in [1.165, 1.54) is 0 Å². The van der Waals surface area contributed by atoms with Crippen LogP contribution >= 0.6 is 15.9 Å². The summed E-state index contributed by atoms with van der Waals surface area (Å²) in [6.07, 6.45) is 0.380. The van der Waals surface area contributed by atoms with Crippen LogP contribution in [0.4, 0.5) is 4.79 Å². The predicted octanol–water partition coefficient (Wildman–Crippen LogP) is 2.77. The molecule has 0 aromatic heterocycles. The van der Waals surface area contributed by atoms with Crippen molar-refractivity contribution in [3.8, 4) is 6.07 Å². The van der Waals surface area contributed by atoms with Crippen LogP contribution in [-0.4, -0.2) is 36.0 Å². The summed E-state index contributed by atoms with van der Waals surface area (Å²) in [5, 5.41) is 8.59. The summed E-state index contributed by atoms with van der Waals surface area (Å²) in [7, 11) is 1.81. The molecule has 0 N–H and O–H groups in total. The number of halogens is 1. The van der Waals surface area contributed by atoms with Crippen molar-refractivity contribution < 1.29 is 4.79 Å². The van der Waals surface area contributed by atoms with E-state index in [1.807, 2.05) is 24.3 Å². The largest absolute Gasteiger partial charge is 0.321 e. The highest BCUT2D eigenvalue weighted by Gasteiger charge is 2.34. The number of amides is 2. The number of nitrogens with zero attached hydrogens (tertiary/aromatic N) is 3. The van der Waals surface area contributed by atoms with Gasteiger partial charge in [-0.1, -0.05) is 28.1 Å². The van der Waals surface area contributed by atoms with Gasteiger partial charge in [-0.3, -0.25) is 0 Å². The Bertz CT molecular complexity index is 497. The molecule has 1 aromatic carbocycles. The molecule has 1 heterocycles. The molecule has 2 rings (SSSR count). The van der Waals surface area contributed by atoms with Crippen LogP contribution in [0.2, 0.25) is 0 Å². The van der Waals surface area contributed by atoms with Crippen LogP contribution in [0.5, 0.6) is 0 Å². The zero-order chi connectivity index (χ0) is 13.1. The smallest absolute Gasteiger partial charge is 0.320 e. The molecule has 2 amide bonds. The number of rotatable bonds is 3. The van der Waals surface area contributed by atoms with E-state index in [0.717, 1.165) is 10.0 Å². The summed E-state index contributed by atoms with van der Waals surface area (Å²) in [6, 6.07) is 10.1. The lowest BCUT2D eigenvalue weighted by molar-refractivity contribution is 0.196. The van der Waals surface area contributed by atoms with Crippen molar-refractivity contribution in [3.63, 3.8) is 0 Å². The van der Waals surface area contributed by atoms with Crippen molar-refractivity contribution in [1.82, 2.24) is 9.80 Å². The molecule has 94 valence electrons. The van der Waals surface area contributed by atoms with Crippen molar-refractivity contribution in [2.45, 2.75) is 12.5 Å². The van der Waals surface area contributed by atoms with Gasteiger partial charge in [0.15, 0.2) is 0 Å². The van der Waals surface area contributed by atoms with Crippen LogP contribution in [0.25, 0.3) is 0 Å². The van der Waals surface area contributed by atoms with Crippen molar-refractivity contribution in [1.29, 1.82) is 5.26 Å². The second kappa shape index (κ2) is 5.40. The van der Waals surface area contributed by atoms with Gasteiger partial charge in [0, 0.05) is 24.6 Å². The standard InChI is InChI=1S/C13H14BrN3O/c1-16-12(10-4-2-5-11(14)8-10)9-17(13(16)18)7-3-6-15/h2,4-5,8,12H,3,7,9H2,1H3. The first kappa shape index (κ1) is 12.9. The molecule has 5 heteroatoms. The molecule has 0 aliphatic carbocycles. The predicted molar refractivity (Wildman–Crippen MR) is 71.8 cm³/mol. The van der Waals surface area contributed by atoms with Crippen molar-refractivity contribution in [3.05, 3.63) is 34.3 Å². The Morgan fingerprint density at radius 2 is 2.33 bits per heavy atom. The fourth-order valence-corrected chi connectivity index (χ4v) is 2.60. The number of carbonyl (C=O) groups excluding carboxylic acids is 1. The molecule has 1 aliphatic rings. The Kier molecular flexibility index (Phi) is 3.87. The Balaban J connectivity index is 2.16. The number of carbonyl (C=O) groups is 1. The first-order chi connectivity index (χ1) is 8.63. The van der Waals surface area contributed by atoms with Gasteiger partial charge >= 0.3 is 6.03 Å². The molecule has 1 aliphatic heterocycles. The Hall–Kier alpha value is -1.54. The maximum absolute atomic E-state index is 12.0. The number of nitriles is 1. The highest BCUT2D eigenvalue weighted by molar-refractivity contribution is 9.10. The molecule has 1 atom stereocenters. The third kappa shape index (κ3) is 2.49. The lowest BCUT2D eigenvalue weighted by Gasteiger charge is -2.18. The summed E-state index contributed by atoms with van der Waals surface area (Å²) in [4.78, 5) is 15.5. The summed E-state index contributed by atoms with van der Waals surface area (Å²) >= 11 is 3.44. The zero-order valence-corrected chi connectivity index (χ0v) is 11.7. The van der Waals surface area contributed by atoms with Crippen molar-refractivity contribution >= 4 is 22.0 Å². The third-order valence-electron chi connectivity index (χ3n) is 3.16. The minimum atomic E-state index is -0.00442. The molecule has 1 unspecified atom stereocenters. The first-order valence-corrected chi connectivity index (χ1v) is 6.57. The molecule has 4 nitrogen and oxygen atoms in total. The van der Waals surface area contributed by atoms with E-state index in [9.17, 15) is 4.79 Å². The lowest BCUT2D eigenvalue weighted by Crippen LogP contribution is -2.30. The molecular weight excluding hydrogens is 294 g/mol. The average Bonchev–Trinajstić information content (AvgIpc) is 2.64. The lowest BCUT2D eigenvalue weighted by atomic mass is 10.1. The molecule has 1 fully saturated rings. The quantitative estimate of drug-likeness (QED) is 0.862. The van der Waals surface area contributed by atoms with Crippen LogP contribution in [0.3, 0.4) is 0 Å². The van der Waals surface area contributed by atoms with Crippen LogP contribution in [-0.2, 0) is 0 Å². The number of hydrogen-bond acceptors (Lipinski definition) is 2. The Morgan fingerprint density at radius 1 is 1.56 bits per heavy atom. The number of likely N-dealkylation sites (N-methyl/N-ethyl adjacent to an activating group) is 1. The Morgan fingerprint density at radius 3 is 3.00 bits per heavy atom. The number of benzene rings is 1. The van der Waals surface area contributed by atoms with Crippen LogP contribution in [0.1, 0.15) is 18.0 Å². The van der Waals surface area contributed by atoms with Crippen LogP contribution in [0, 0.1) is 11.3 Å². The minimum Gasteiger partial charge on any atom is -0.321 e. The fraction of sp³-hybridized carbons (Fsp3) is 0.385. The monoisotopic (exact) mass is 307 g/mol. The summed E-state index contributed by atoms with van der Waals surface area (Å²) in [5.74, 6) is 0. The van der Waals surface area contributed by atoms with Crippen molar-refractivity contribution in [2.24, 2.45) is 0 Å². The van der Waals surface area contributed by atoms with E-state index >= 15 is 0 Å². The first-order valence-electron chi connectivity index (χ1n) is 5.77. The average molecular weight is 308 g/mol. The molecule has 0 radical (unpaired) electrons. The molecular formula is C13H14BrN3O. The van der Waals surface area contributed by atoms with Gasteiger partial charge in [-0.25, -0.2) is 4.79 Å². The van der Waals surface area contributed by atoms with Crippen LogP contribution in [0.15, 0.2) is 28.7 Å². The third-order valence-corrected chi connectivity index (χ3v) is 3.65. The van der Waals surface area contributed by atoms with Crippen molar-refractivity contribution in [2.75, 3.05) is 20.1 Å². The van der Waals surface area contributed by atoms with Gasteiger partial charge in [0.25, 0.3) is 0 Å². The molecule has 18 heavy (non-hydrogen) atoms. The molecule has 0 saturated carbocycles. The van der Waals surface area contributed by atoms with Gasteiger partial charge in [-0.2, -0.15) is 5.26 Å². The maximum Gasteiger partial charge on any atom is 0.320 e. The SMILES string of the molecule is CN1C(=O)N(CCC#N)CC1c1cccc(Br)c1. The second-order valence-electron chi connectivity index (χ2n) is 4.32. The van der Waals surface area contributed by atoms with E-state index < -0.39 is 0 Å². The number of hydrogen-bond donors (Lipinski definition) is 0. The Labute approximate surface area is 115 Å². The summed E-state index contributed by atoms with van der Waals surface area (Å²) in [6.45, 7) is 1.15.